The minimum atomic E-state index is -5.02. The molecule has 1 aromatic rings. The van der Waals surface area contributed by atoms with Gasteiger partial charge in [0.05, 0.1) is 16.0 Å². The summed E-state index contributed by atoms with van der Waals surface area (Å²) in [5, 5.41) is 10.4. The van der Waals surface area contributed by atoms with Gasteiger partial charge in [-0.05, 0) is 31.0 Å². The fourth-order valence-corrected chi connectivity index (χ4v) is 3.71. The zero-order valence-electron chi connectivity index (χ0n) is 14.8. The van der Waals surface area contributed by atoms with Gasteiger partial charge in [-0.3, -0.25) is 9.59 Å². The fraction of sp³-hybridized carbons (Fsp3) is 0.412. The molecule has 7 nitrogen and oxygen atoms in total. The molecule has 0 amide bonds. The van der Waals surface area contributed by atoms with E-state index in [1.807, 2.05) is 0 Å². The predicted octanol–water partition coefficient (Wildman–Crippen LogP) is 2.29. The molecule has 2 aliphatic rings. The van der Waals surface area contributed by atoms with Crippen molar-refractivity contribution >= 4 is 21.6 Å². The lowest BCUT2D eigenvalue weighted by molar-refractivity contribution is -0.156. The van der Waals surface area contributed by atoms with Gasteiger partial charge in [-0.25, -0.2) is 8.42 Å². The van der Waals surface area contributed by atoms with Crippen LogP contribution in [0.25, 0.3) is 0 Å². The zero-order chi connectivity index (χ0) is 21.0. The first kappa shape index (κ1) is 20.3. The van der Waals surface area contributed by atoms with Crippen LogP contribution in [0.2, 0.25) is 0 Å². The Bertz CT molecular complexity index is 995. The first-order valence-corrected chi connectivity index (χ1v) is 10.0. The predicted molar refractivity (Wildman–Crippen MR) is 88.9 cm³/mol. The summed E-state index contributed by atoms with van der Waals surface area (Å²) < 4.78 is 63.9. The number of likely N-dealkylation sites (N-methyl/N-ethyl adjacent to an activating group) is 1. The minimum Gasteiger partial charge on any atom is -0.480 e. The standard InChI is InChI=1S/C17H16F3NO6S/c1-21-13(16(23)24)12(15(27-21)8-3-4-8)14(22)10-6-5-9(28(2,25)26)7-11(10)17(18,19)20/h5-8,13H,3-4H2,1-2H3,(H,23,24). The largest absolute Gasteiger partial charge is 0.480 e. The number of benzene rings is 1. The molecule has 1 unspecified atom stereocenters. The topological polar surface area (TPSA) is 101 Å². The van der Waals surface area contributed by atoms with E-state index in [1.54, 1.807) is 0 Å². The van der Waals surface area contributed by atoms with E-state index in [0.717, 1.165) is 23.5 Å². The number of carbonyl (C=O) groups excluding carboxylic acids is 1. The van der Waals surface area contributed by atoms with Crippen LogP contribution in [0.1, 0.15) is 28.8 Å². The van der Waals surface area contributed by atoms with Crippen molar-refractivity contribution in [3.63, 3.8) is 0 Å². The highest BCUT2D eigenvalue weighted by atomic mass is 32.2. The number of allylic oxidation sites excluding steroid dienone is 1. The van der Waals surface area contributed by atoms with Crippen molar-refractivity contribution in [3.8, 4) is 0 Å². The average Bonchev–Trinajstić information content (AvgIpc) is 3.34. The molecule has 0 radical (unpaired) electrons. The summed E-state index contributed by atoms with van der Waals surface area (Å²) in [5.74, 6) is -2.76. The number of carboxylic acid groups (broad SMARTS) is 1. The SMILES string of the molecule is CN1OC(C2CC2)=C(C(=O)c2ccc(S(C)(=O)=O)cc2C(F)(F)F)C1C(=O)O. The number of hydrogen-bond acceptors (Lipinski definition) is 6. The zero-order valence-corrected chi connectivity index (χ0v) is 15.6. The third-order valence-electron chi connectivity index (χ3n) is 4.54. The number of carboxylic acids is 1. The van der Waals surface area contributed by atoms with Crippen molar-refractivity contribution in [2.75, 3.05) is 13.3 Å². The van der Waals surface area contributed by atoms with Gasteiger partial charge in [0, 0.05) is 24.8 Å². The van der Waals surface area contributed by atoms with Crippen LogP contribution in [0.15, 0.2) is 34.4 Å². The molecule has 28 heavy (non-hydrogen) atoms. The van der Waals surface area contributed by atoms with Crippen LogP contribution < -0.4 is 0 Å². The van der Waals surface area contributed by atoms with E-state index in [9.17, 15) is 36.3 Å². The van der Waals surface area contributed by atoms with Crippen LogP contribution >= 0.6 is 0 Å². The summed E-state index contributed by atoms with van der Waals surface area (Å²) in [6.07, 6.45) is -3.01. The van der Waals surface area contributed by atoms with Gasteiger partial charge in [0.1, 0.15) is 5.76 Å². The highest BCUT2D eigenvalue weighted by molar-refractivity contribution is 7.90. The second-order valence-corrected chi connectivity index (χ2v) is 8.75. The van der Waals surface area contributed by atoms with Crippen LogP contribution in [0.3, 0.4) is 0 Å². The highest BCUT2D eigenvalue weighted by Crippen LogP contribution is 2.45. The number of hydrogen-bond donors (Lipinski definition) is 1. The Hall–Kier alpha value is -2.40. The summed E-state index contributed by atoms with van der Waals surface area (Å²) in [7, 11) is -2.67. The van der Waals surface area contributed by atoms with Crippen LogP contribution in [0, 0.1) is 5.92 Å². The quantitative estimate of drug-likeness (QED) is 0.731. The van der Waals surface area contributed by atoms with Crippen molar-refractivity contribution in [2.24, 2.45) is 5.92 Å². The van der Waals surface area contributed by atoms with E-state index in [0.29, 0.717) is 18.9 Å². The maximum absolute atomic E-state index is 13.5. The minimum absolute atomic E-state index is 0.0558. The van der Waals surface area contributed by atoms with Crippen molar-refractivity contribution in [1.29, 1.82) is 0 Å². The molecule has 0 aromatic heterocycles. The lowest BCUT2D eigenvalue weighted by atomic mass is 9.92. The number of hydroxylamine groups is 2. The smallest absolute Gasteiger partial charge is 0.417 e. The van der Waals surface area contributed by atoms with Crippen LogP contribution in [0.4, 0.5) is 13.2 Å². The molecule has 0 saturated heterocycles. The summed E-state index contributed by atoms with van der Waals surface area (Å²) in [5.41, 5.74) is -2.63. The Morgan fingerprint density at radius 3 is 2.32 bits per heavy atom. The third-order valence-corrected chi connectivity index (χ3v) is 5.65. The number of halogens is 3. The van der Waals surface area contributed by atoms with Crippen molar-refractivity contribution in [3.05, 3.63) is 40.7 Å². The van der Waals surface area contributed by atoms with Crippen molar-refractivity contribution < 1.29 is 41.1 Å². The molecule has 0 bridgehead atoms. The summed E-state index contributed by atoms with van der Waals surface area (Å²) >= 11 is 0. The van der Waals surface area contributed by atoms with Crippen LogP contribution in [0.5, 0.6) is 0 Å². The molecule has 1 saturated carbocycles. The molecule has 152 valence electrons. The van der Waals surface area contributed by atoms with Gasteiger partial charge in [0.2, 0.25) is 0 Å². The van der Waals surface area contributed by atoms with Gasteiger partial charge in [0.15, 0.2) is 21.7 Å². The molecule has 1 heterocycles. The first-order chi connectivity index (χ1) is 12.8. The summed E-state index contributed by atoms with van der Waals surface area (Å²) in [6.45, 7) is 0. The Morgan fingerprint density at radius 2 is 1.86 bits per heavy atom. The van der Waals surface area contributed by atoms with E-state index in [2.05, 4.69) is 0 Å². The molecule has 1 aliphatic heterocycles. The number of aliphatic carboxylic acids is 1. The Morgan fingerprint density at radius 1 is 1.25 bits per heavy atom. The molecule has 1 atom stereocenters. The number of carbonyl (C=O) groups is 2. The van der Waals surface area contributed by atoms with Gasteiger partial charge in [0.25, 0.3) is 0 Å². The third kappa shape index (κ3) is 3.63. The highest BCUT2D eigenvalue weighted by Gasteiger charge is 2.48. The van der Waals surface area contributed by atoms with Crippen molar-refractivity contribution in [2.45, 2.75) is 30.0 Å². The number of alkyl halides is 3. The number of sulfone groups is 1. The lowest BCUT2D eigenvalue weighted by Gasteiger charge is -2.17. The van der Waals surface area contributed by atoms with Crippen LogP contribution in [-0.2, 0) is 25.6 Å². The monoisotopic (exact) mass is 419 g/mol. The van der Waals surface area contributed by atoms with E-state index in [4.69, 9.17) is 4.84 Å². The van der Waals surface area contributed by atoms with E-state index in [-0.39, 0.29) is 17.3 Å². The summed E-state index contributed by atoms with van der Waals surface area (Å²) in [4.78, 5) is 29.4. The average molecular weight is 419 g/mol. The Kier molecular flexibility index (Phi) is 4.79. The van der Waals surface area contributed by atoms with Gasteiger partial charge in [-0.15, -0.1) is 5.06 Å². The Labute approximate surface area is 158 Å². The normalized spacial score (nSPS) is 21.0. The fourth-order valence-electron chi connectivity index (χ4n) is 3.06. The maximum atomic E-state index is 13.5. The molecule has 1 aromatic carbocycles. The van der Waals surface area contributed by atoms with Gasteiger partial charge in [-0.2, -0.15) is 13.2 Å². The molecule has 1 aliphatic carbocycles. The number of Topliss-reactive ketones (excluding diaryl/α,β-unsaturated/α-hetero) is 1. The molecule has 11 heteroatoms. The number of ketones is 1. The maximum Gasteiger partial charge on any atom is 0.417 e. The Balaban J connectivity index is 2.18. The molecule has 3 rings (SSSR count). The molecule has 0 spiro atoms. The second-order valence-electron chi connectivity index (χ2n) is 6.74. The number of rotatable bonds is 5. The van der Waals surface area contributed by atoms with Gasteiger partial charge < -0.3 is 9.94 Å². The summed E-state index contributed by atoms with van der Waals surface area (Å²) in [6, 6.07) is 0.481. The second kappa shape index (κ2) is 6.59. The van der Waals surface area contributed by atoms with Crippen LogP contribution in [-0.4, -0.2) is 49.7 Å². The molecular weight excluding hydrogens is 403 g/mol. The van der Waals surface area contributed by atoms with E-state index in [1.165, 1.54) is 7.05 Å². The molecule has 1 N–H and O–H groups in total. The lowest BCUT2D eigenvalue weighted by Crippen LogP contribution is -2.37. The van der Waals surface area contributed by atoms with Gasteiger partial charge in [-0.1, -0.05) is 0 Å². The molecular formula is C17H16F3NO6S. The van der Waals surface area contributed by atoms with E-state index < -0.39 is 49.8 Å². The number of nitrogens with zero attached hydrogens (tertiary/aromatic N) is 1. The van der Waals surface area contributed by atoms with E-state index >= 15 is 0 Å². The molecule has 1 fully saturated rings. The van der Waals surface area contributed by atoms with Gasteiger partial charge >= 0.3 is 12.1 Å². The first-order valence-electron chi connectivity index (χ1n) is 8.16. The van der Waals surface area contributed by atoms with Crippen molar-refractivity contribution in [1.82, 2.24) is 5.06 Å².